The quantitative estimate of drug-likeness (QED) is 0.340. The Morgan fingerprint density at radius 2 is 1.92 bits per heavy atom. The number of hydrogen-bond donors (Lipinski definition) is 2. The molecule has 2 N–H and O–H groups in total. The SMILES string of the molecule is Cc1c(C(=O)NCc2cccc(NC(=O)CCN3CCOCC3)c2)nnn1-c1cccc([N+](=O)[O-])c1. The second-order valence-corrected chi connectivity index (χ2v) is 8.35. The van der Waals surface area contributed by atoms with E-state index in [2.05, 4.69) is 25.8 Å². The number of rotatable bonds is 9. The average Bonchev–Trinajstić information content (AvgIpc) is 3.28. The highest BCUT2D eigenvalue weighted by Crippen LogP contribution is 2.18. The van der Waals surface area contributed by atoms with Crippen molar-refractivity contribution in [3.63, 3.8) is 0 Å². The van der Waals surface area contributed by atoms with E-state index in [9.17, 15) is 19.7 Å². The molecule has 0 aliphatic carbocycles. The molecule has 0 radical (unpaired) electrons. The third-order valence-electron chi connectivity index (χ3n) is 5.82. The molecular formula is C24H27N7O5. The Morgan fingerprint density at radius 3 is 2.69 bits per heavy atom. The van der Waals surface area contributed by atoms with Crippen LogP contribution in [0.5, 0.6) is 0 Å². The lowest BCUT2D eigenvalue weighted by molar-refractivity contribution is -0.384. The summed E-state index contributed by atoms with van der Waals surface area (Å²) in [6.45, 7) is 5.63. The van der Waals surface area contributed by atoms with Gasteiger partial charge >= 0.3 is 0 Å². The number of benzene rings is 2. The van der Waals surface area contributed by atoms with Crippen LogP contribution in [0.4, 0.5) is 11.4 Å². The first kappa shape index (κ1) is 24.9. The van der Waals surface area contributed by atoms with E-state index in [1.54, 1.807) is 31.2 Å². The van der Waals surface area contributed by atoms with E-state index in [1.165, 1.54) is 16.8 Å². The van der Waals surface area contributed by atoms with Gasteiger partial charge in [-0.3, -0.25) is 24.6 Å². The van der Waals surface area contributed by atoms with Crippen LogP contribution in [-0.4, -0.2) is 69.5 Å². The number of hydrogen-bond acceptors (Lipinski definition) is 8. The second-order valence-electron chi connectivity index (χ2n) is 8.35. The van der Waals surface area contributed by atoms with E-state index in [1.807, 2.05) is 12.1 Å². The van der Waals surface area contributed by atoms with E-state index in [-0.39, 0.29) is 23.8 Å². The first-order valence-corrected chi connectivity index (χ1v) is 11.5. The fourth-order valence-corrected chi connectivity index (χ4v) is 3.86. The molecule has 4 rings (SSSR count). The number of amides is 2. The number of ether oxygens (including phenoxy) is 1. The zero-order chi connectivity index (χ0) is 25.5. The fourth-order valence-electron chi connectivity index (χ4n) is 3.86. The lowest BCUT2D eigenvalue weighted by Gasteiger charge is -2.26. The van der Waals surface area contributed by atoms with Crippen LogP contribution in [0, 0.1) is 17.0 Å². The number of nitrogens with one attached hydrogen (secondary N) is 2. The van der Waals surface area contributed by atoms with Crippen LogP contribution in [0.3, 0.4) is 0 Å². The normalized spacial score (nSPS) is 13.8. The third-order valence-corrected chi connectivity index (χ3v) is 5.82. The molecule has 36 heavy (non-hydrogen) atoms. The molecule has 188 valence electrons. The minimum Gasteiger partial charge on any atom is -0.379 e. The minimum atomic E-state index is -0.496. The molecule has 1 fully saturated rings. The Hall–Kier alpha value is -4.16. The Morgan fingerprint density at radius 1 is 1.14 bits per heavy atom. The number of nitro groups is 1. The maximum atomic E-state index is 12.7. The first-order valence-electron chi connectivity index (χ1n) is 11.5. The molecule has 0 spiro atoms. The van der Waals surface area contributed by atoms with Crippen LogP contribution in [0.15, 0.2) is 48.5 Å². The lowest BCUT2D eigenvalue weighted by atomic mass is 10.2. The molecule has 12 heteroatoms. The van der Waals surface area contributed by atoms with Gasteiger partial charge in [-0.1, -0.05) is 23.4 Å². The summed E-state index contributed by atoms with van der Waals surface area (Å²) in [6.07, 6.45) is 0.389. The van der Waals surface area contributed by atoms with Gasteiger partial charge in [0.25, 0.3) is 11.6 Å². The second kappa shape index (κ2) is 11.5. The molecule has 12 nitrogen and oxygen atoms in total. The summed E-state index contributed by atoms with van der Waals surface area (Å²) in [5, 5.41) is 24.7. The van der Waals surface area contributed by atoms with Crippen molar-refractivity contribution in [2.24, 2.45) is 0 Å². The number of nitrogens with zero attached hydrogens (tertiary/aromatic N) is 5. The summed E-state index contributed by atoms with van der Waals surface area (Å²) in [6, 6.07) is 13.2. The third kappa shape index (κ3) is 6.29. The van der Waals surface area contributed by atoms with Crippen molar-refractivity contribution < 1.29 is 19.2 Å². The van der Waals surface area contributed by atoms with Gasteiger partial charge in [0.05, 0.1) is 29.5 Å². The Labute approximate surface area is 207 Å². The molecule has 2 aromatic carbocycles. The molecule has 1 saturated heterocycles. The van der Waals surface area contributed by atoms with E-state index in [0.717, 1.165) is 18.7 Å². The molecule has 0 saturated carbocycles. The lowest BCUT2D eigenvalue weighted by Crippen LogP contribution is -2.38. The molecule has 0 atom stereocenters. The smallest absolute Gasteiger partial charge is 0.274 e. The Bertz CT molecular complexity index is 1250. The van der Waals surface area contributed by atoms with Gasteiger partial charge < -0.3 is 15.4 Å². The van der Waals surface area contributed by atoms with Crippen molar-refractivity contribution in [1.82, 2.24) is 25.2 Å². The fraction of sp³-hybridized carbons (Fsp3) is 0.333. The summed E-state index contributed by atoms with van der Waals surface area (Å²) in [4.78, 5) is 37.8. The Kier molecular flexibility index (Phi) is 7.98. The van der Waals surface area contributed by atoms with Crippen LogP contribution in [-0.2, 0) is 16.1 Å². The van der Waals surface area contributed by atoms with Gasteiger partial charge in [-0.05, 0) is 30.7 Å². The number of carbonyl (C=O) groups excluding carboxylic acids is 2. The van der Waals surface area contributed by atoms with E-state index in [0.29, 0.717) is 43.2 Å². The zero-order valence-corrected chi connectivity index (χ0v) is 19.8. The molecule has 1 aliphatic heterocycles. The maximum Gasteiger partial charge on any atom is 0.274 e. The van der Waals surface area contributed by atoms with Gasteiger partial charge in [0.15, 0.2) is 5.69 Å². The molecule has 3 aromatic rings. The average molecular weight is 494 g/mol. The van der Waals surface area contributed by atoms with Crippen molar-refractivity contribution >= 4 is 23.2 Å². The van der Waals surface area contributed by atoms with Crippen LogP contribution in [0.25, 0.3) is 5.69 Å². The summed E-state index contributed by atoms with van der Waals surface area (Å²) < 4.78 is 6.70. The van der Waals surface area contributed by atoms with Crippen molar-refractivity contribution in [2.45, 2.75) is 19.9 Å². The molecule has 1 aliphatic rings. The summed E-state index contributed by atoms with van der Waals surface area (Å²) in [7, 11) is 0. The number of aromatic nitrogens is 3. The molecule has 0 unspecified atom stereocenters. The van der Waals surface area contributed by atoms with Gasteiger partial charge in [0, 0.05) is 50.4 Å². The van der Waals surface area contributed by atoms with Crippen molar-refractivity contribution in [2.75, 3.05) is 38.2 Å². The molecule has 2 amide bonds. The topological polar surface area (TPSA) is 145 Å². The highest BCUT2D eigenvalue weighted by Gasteiger charge is 2.18. The number of nitro benzene ring substituents is 1. The van der Waals surface area contributed by atoms with E-state index >= 15 is 0 Å². The van der Waals surface area contributed by atoms with E-state index < -0.39 is 10.8 Å². The predicted octanol–water partition coefficient (Wildman–Crippen LogP) is 2.07. The predicted molar refractivity (Wildman–Crippen MR) is 131 cm³/mol. The monoisotopic (exact) mass is 493 g/mol. The number of carbonyl (C=O) groups is 2. The number of non-ortho nitro benzene ring substituents is 1. The highest BCUT2D eigenvalue weighted by molar-refractivity contribution is 5.93. The van der Waals surface area contributed by atoms with E-state index in [4.69, 9.17) is 4.74 Å². The van der Waals surface area contributed by atoms with Gasteiger partial charge in [-0.25, -0.2) is 4.68 Å². The number of anilines is 1. The van der Waals surface area contributed by atoms with Gasteiger partial charge in [0.1, 0.15) is 0 Å². The van der Waals surface area contributed by atoms with Crippen molar-refractivity contribution in [3.05, 3.63) is 75.6 Å². The number of morpholine rings is 1. The van der Waals surface area contributed by atoms with Crippen molar-refractivity contribution in [3.8, 4) is 5.69 Å². The maximum absolute atomic E-state index is 12.7. The zero-order valence-electron chi connectivity index (χ0n) is 19.8. The minimum absolute atomic E-state index is 0.0731. The molecule has 2 heterocycles. The summed E-state index contributed by atoms with van der Waals surface area (Å²) >= 11 is 0. The van der Waals surface area contributed by atoms with Gasteiger partial charge in [0.2, 0.25) is 5.91 Å². The summed E-state index contributed by atoms with van der Waals surface area (Å²) in [5.41, 5.74) is 2.38. The standard InChI is InChI=1S/C24H27N7O5/c1-17-23(27-28-30(17)20-6-3-7-21(15-20)31(34)35)24(33)25-16-18-4-2-5-19(14-18)26-22(32)8-9-29-10-12-36-13-11-29/h2-7,14-15H,8-13,16H2,1H3,(H,25,33)(H,26,32). The van der Waals surface area contributed by atoms with Gasteiger partial charge in [-0.2, -0.15) is 0 Å². The molecule has 0 bridgehead atoms. The Balaban J connectivity index is 1.33. The molecule has 1 aromatic heterocycles. The van der Waals surface area contributed by atoms with Gasteiger partial charge in [-0.15, -0.1) is 5.10 Å². The largest absolute Gasteiger partial charge is 0.379 e. The van der Waals surface area contributed by atoms with Crippen LogP contribution < -0.4 is 10.6 Å². The van der Waals surface area contributed by atoms with Crippen molar-refractivity contribution in [1.29, 1.82) is 0 Å². The van der Waals surface area contributed by atoms with Crippen LogP contribution in [0.1, 0.15) is 28.2 Å². The van der Waals surface area contributed by atoms with Crippen LogP contribution >= 0.6 is 0 Å². The van der Waals surface area contributed by atoms with Crippen LogP contribution in [0.2, 0.25) is 0 Å². The first-order chi connectivity index (χ1) is 17.4. The summed E-state index contributed by atoms with van der Waals surface area (Å²) in [5.74, 6) is -0.500. The highest BCUT2D eigenvalue weighted by atomic mass is 16.6. The molecular weight excluding hydrogens is 466 g/mol.